The van der Waals surface area contributed by atoms with Crippen LogP contribution in [0.4, 0.5) is 0 Å². The molecule has 16 heavy (non-hydrogen) atoms. The van der Waals surface area contributed by atoms with Crippen molar-refractivity contribution in [3.05, 3.63) is 0 Å². The van der Waals surface area contributed by atoms with E-state index in [0.717, 1.165) is 51.7 Å². The summed E-state index contributed by atoms with van der Waals surface area (Å²) >= 11 is 0. The van der Waals surface area contributed by atoms with Crippen molar-refractivity contribution >= 4 is 5.97 Å². The third-order valence-corrected chi connectivity index (χ3v) is 3.03. The van der Waals surface area contributed by atoms with Gasteiger partial charge in [0.05, 0.1) is 0 Å². The Morgan fingerprint density at radius 2 is 2.25 bits per heavy atom. The number of nitrogens with one attached hydrogen (secondary N) is 1. The number of aliphatic carboxylic acids is 1. The maximum atomic E-state index is 10.8. The third-order valence-electron chi connectivity index (χ3n) is 3.03. The summed E-state index contributed by atoms with van der Waals surface area (Å²) in [6.45, 7) is 3.71. The number of rotatable bonds is 7. The molecule has 1 aliphatic rings. The number of ether oxygens (including phenoxy) is 1. The van der Waals surface area contributed by atoms with Gasteiger partial charge in [-0.2, -0.15) is 0 Å². The fourth-order valence-electron chi connectivity index (χ4n) is 2.02. The molecule has 4 nitrogen and oxygen atoms in total. The van der Waals surface area contributed by atoms with Gasteiger partial charge in [0.25, 0.3) is 0 Å². The predicted octanol–water partition coefficient (Wildman–Crippen LogP) is 1.79. The van der Waals surface area contributed by atoms with Crippen molar-refractivity contribution in [2.75, 3.05) is 13.2 Å². The van der Waals surface area contributed by atoms with Crippen LogP contribution in [-0.4, -0.2) is 36.4 Å². The molecule has 0 aromatic carbocycles. The molecule has 0 saturated carbocycles. The summed E-state index contributed by atoms with van der Waals surface area (Å²) in [6, 6.07) is -0.0362. The van der Waals surface area contributed by atoms with E-state index in [2.05, 4.69) is 12.2 Å². The molecule has 1 heterocycles. The minimum Gasteiger partial charge on any atom is -0.480 e. The average molecular weight is 229 g/mol. The molecule has 0 aromatic rings. The molecule has 1 aliphatic heterocycles. The van der Waals surface area contributed by atoms with E-state index in [-0.39, 0.29) is 6.04 Å². The molecule has 0 radical (unpaired) electrons. The van der Waals surface area contributed by atoms with Crippen LogP contribution in [0, 0.1) is 0 Å². The van der Waals surface area contributed by atoms with Crippen LogP contribution in [0.5, 0.6) is 0 Å². The summed E-state index contributed by atoms with van der Waals surface area (Å²) < 4.78 is 5.49. The Hall–Kier alpha value is -0.610. The lowest BCUT2D eigenvalue weighted by Crippen LogP contribution is -2.47. The van der Waals surface area contributed by atoms with Crippen LogP contribution in [0.2, 0.25) is 0 Å². The van der Waals surface area contributed by atoms with Crippen LogP contribution in [0.15, 0.2) is 0 Å². The first-order valence-corrected chi connectivity index (χ1v) is 6.30. The van der Waals surface area contributed by atoms with Crippen molar-refractivity contribution in [3.8, 4) is 0 Å². The fourth-order valence-corrected chi connectivity index (χ4v) is 2.02. The fraction of sp³-hybridized carbons (Fsp3) is 0.917. The Balaban J connectivity index is 2.10. The minimum absolute atomic E-state index is 0.316. The second kappa shape index (κ2) is 7.63. The molecule has 1 rings (SSSR count). The second-order valence-electron chi connectivity index (χ2n) is 4.44. The molecule has 4 heteroatoms. The van der Waals surface area contributed by atoms with Gasteiger partial charge in [0.15, 0.2) is 0 Å². The Labute approximate surface area is 97.4 Å². The summed E-state index contributed by atoms with van der Waals surface area (Å²) in [6.07, 6.45) is 6.01. The van der Waals surface area contributed by atoms with Crippen molar-refractivity contribution < 1.29 is 14.6 Å². The van der Waals surface area contributed by atoms with Gasteiger partial charge in [-0.1, -0.05) is 13.3 Å². The van der Waals surface area contributed by atoms with Crippen LogP contribution in [0.3, 0.4) is 0 Å². The van der Waals surface area contributed by atoms with E-state index in [4.69, 9.17) is 9.84 Å². The molecule has 94 valence electrons. The molecule has 1 fully saturated rings. The monoisotopic (exact) mass is 229 g/mol. The van der Waals surface area contributed by atoms with Gasteiger partial charge in [0.2, 0.25) is 0 Å². The normalized spacial score (nSPS) is 25.6. The first-order valence-electron chi connectivity index (χ1n) is 6.30. The van der Waals surface area contributed by atoms with Gasteiger partial charge in [-0.15, -0.1) is 0 Å². The van der Waals surface area contributed by atoms with Gasteiger partial charge < -0.3 is 15.2 Å². The lowest BCUT2D eigenvalue weighted by Gasteiger charge is -2.28. The number of carbonyl (C=O) groups is 1. The molecule has 0 aromatic heterocycles. The first-order chi connectivity index (χ1) is 7.74. The molecule has 2 atom stereocenters. The van der Waals surface area contributed by atoms with Crippen LogP contribution in [-0.2, 0) is 9.53 Å². The minimum atomic E-state index is -0.725. The Morgan fingerprint density at radius 3 is 2.94 bits per heavy atom. The third kappa shape index (κ3) is 4.94. The summed E-state index contributed by atoms with van der Waals surface area (Å²) in [5, 5.41) is 12.1. The van der Waals surface area contributed by atoms with E-state index in [1.54, 1.807) is 0 Å². The highest BCUT2D eigenvalue weighted by atomic mass is 16.5. The maximum Gasteiger partial charge on any atom is 0.320 e. The first kappa shape index (κ1) is 13.5. The molecular weight excluding hydrogens is 206 g/mol. The van der Waals surface area contributed by atoms with E-state index in [0.29, 0.717) is 6.04 Å². The number of hydrogen-bond acceptors (Lipinski definition) is 3. The van der Waals surface area contributed by atoms with Crippen molar-refractivity contribution in [2.45, 2.75) is 57.5 Å². The zero-order valence-electron chi connectivity index (χ0n) is 10.1. The topological polar surface area (TPSA) is 58.6 Å². The lowest BCUT2D eigenvalue weighted by atomic mass is 9.97. The van der Waals surface area contributed by atoms with Gasteiger partial charge in [-0.3, -0.25) is 4.79 Å². The summed E-state index contributed by atoms with van der Waals surface area (Å²) in [4.78, 5) is 10.8. The molecule has 2 N–H and O–H groups in total. The highest BCUT2D eigenvalue weighted by Gasteiger charge is 2.25. The highest BCUT2D eigenvalue weighted by Crippen LogP contribution is 2.15. The summed E-state index contributed by atoms with van der Waals surface area (Å²) in [5.41, 5.74) is 0. The van der Waals surface area contributed by atoms with Gasteiger partial charge in [-0.05, 0) is 32.1 Å². The molecule has 1 saturated heterocycles. The Morgan fingerprint density at radius 1 is 1.44 bits per heavy atom. The molecule has 0 amide bonds. The van der Waals surface area contributed by atoms with E-state index < -0.39 is 5.97 Å². The maximum absolute atomic E-state index is 10.8. The van der Waals surface area contributed by atoms with E-state index in [1.165, 1.54) is 0 Å². The van der Waals surface area contributed by atoms with Crippen LogP contribution >= 0.6 is 0 Å². The molecule has 0 bridgehead atoms. The number of piperidine rings is 1. The van der Waals surface area contributed by atoms with Gasteiger partial charge in [0.1, 0.15) is 6.04 Å². The van der Waals surface area contributed by atoms with E-state index in [9.17, 15) is 4.79 Å². The quantitative estimate of drug-likeness (QED) is 0.653. The zero-order valence-corrected chi connectivity index (χ0v) is 10.1. The number of hydrogen-bond donors (Lipinski definition) is 2. The van der Waals surface area contributed by atoms with Gasteiger partial charge >= 0.3 is 5.97 Å². The number of unbranched alkanes of at least 4 members (excludes halogenated alkanes) is 1. The molecule has 0 spiro atoms. The predicted molar refractivity (Wildman–Crippen MR) is 62.5 cm³/mol. The summed E-state index contributed by atoms with van der Waals surface area (Å²) in [7, 11) is 0. The number of carboxylic acids is 1. The van der Waals surface area contributed by atoms with Crippen molar-refractivity contribution in [3.63, 3.8) is 0 Å². The van der Waals surface area contributed by atoms with Gasteiger partial charge in [-0.25, -0.2) is 0 Å². The summed E-state index contributed by atoms with van der Waals surface area (Å²) in [5.74, 6) is -0.725. The van der Waals surface area contributed by atoms with Crippen LogP contribution in [0.25, 0.3) is 0 Å². The Bertz CT molecular complexity index is 208. The highest BCUT2D eigenvalue weighted by molar-refractivity contribution is 5.73. The van der Waals surface area contributed by atoms with Crippen molar-refractivity contribution in [2.24, 2.45) is 0 Å². The van der Waals surface area contributed by atoms with Crippen LogP contribution < -0.4 is 5.32 Å². The molecule has 0 aliphatic carbocycles. The van der Waals surface area contributed by atoms with E-state index in [1.807, 2.05) is 0 Å². The Kier molecular flexibility index (Phi) is 6.42. The smallest absolute Gasteiger partial charge is 0.320 e. The molecular formula is C12H23NO3. The van der Waals surface area contributed by atoms with Crippen LogP contribution in [0.1, 0.15) is 45.4 Å². The number of carboxylic acid groups (broad SMARTS) is 1. The largest absolute Gasteiger partial charge is 0.480 e. The lowest BCUT2D eigenvalue weighted by molar-refractivity contribution is -0.140. The van der Waals surface area contributed by atoms with Crippen molar-refractivity contribution in [1.82, 2.24) is 5.32 Å². The average Bonchev–Trinajstić information content (AvgIpc) is 2.29. The molecule has 2 unspecified atom stereocenters. The van der Waals surface area contributed by atoms with E-state index >= 15 is 0 Å². The SMILES string of the molecule is CCCCOCCC1CCCC(C(=O)O)N1. The van der Waals surface area contributed by atoms with Crippen molar-refractivity contribution in [1.29, 1.82) is 0 Å². The van der Waals surface area contributed by atoms with Gasteiger partial charge in [0, 0.05) is 19.3 Å². The standard InChI is InChI=1S/C12H23NO3/c1-2-3-8-16-9-7-10-5-4-6-11(13-10)12(14)15/h10-11,13H,2-9H2,1H3,(H,14,15). The zero-order chi connectivity index (χ0) is 11.8. The second-order valence-corrected chi connectivity index (χ2v) is 4.44.